The fraction of sp³-hybridized carbons (Fsp3) is 0.357. The van der Waals surface area contributed by atoms with Gasteiger partial charge in [-0.2, -0.15) is 0 Å². The van der Waals surface area contributed by atoms with Crippen molar-refractivity contribution in [2.75, 3.05) is 0 Å². The van der Waals surface area contributed by atoms with Gasteiger partial charge in [0.2, 0.25) is 0 Å². The van der Waals surface area contributed by atoms with Gasteiger partial charge in [-0.3, -0.25) is 4.79 Å². The Morgan fingerprint density at radius 1 is 1.26 bits per heavy atom. The molecule has 2 rings (SSSR count). The summed E-state index contributed by atoms with van der Waals surface area (Å²) in [5, 5.41) is 7.71. The minimum absolute atomic E-state index is 0.171. The maximum atomic E-state index is 11.8. The number of aromatic nitrogens is 3. The highest BCUT2D eigenvalue weighted by Gasteiger charge is 2.05. The summed E-state index contributed by atoms with van der Waals surface area (Å²) < 4.78 is 1.55. The lowest BCUT2D eigenvalue weighted by Crippen LogP contribution is -2.10. The number of rotatable bonds is 7. The minimum atomic E-state index is 0.171. The summed E-state index contributed by atoms with van der Waals surface area (Å²) in [6, 6.07) is 10.2. The lowest BCUT2D eigenvalue weighted by Gasteiger charge is -2.01. The molecule has 0 aliphatic heterocycles. The lowest BCUT2D eigenvalue weighted by molar-refractivity contribution is -0.119. The van der Waals surface area contributed by atoms with Gasteiger partial charge in [0.05, 0.1) is 11.9 Å². The Hall–Kier alpha value is -2.01. The second kappa shape index (κ2) is 6.80. The molecule has 0 fully saturated rings. The molecular formula is C14H18N4O. The van der Waals surface area contributed by atoms with Crippen LogP contribution in [0.15, 0.2) is 36.5 Å². The van der Waals surface area contributed by atoms with Gasteiger partial charge in [-0.25, -0.2) is 4.68 Å². The van der Waals surface area contributed by atoms with Gasteiger partial charge >= 0.3 is 0 Å². The summed E-state index contributed by atoms with van der Waals surface area (Å²) in [5.74, 6) is 0.171. The van der Waals surface area contributed by atoms with E-state index in [0.29, 0.717) is 18.7 Å². The van der Waals surface area contributed by atoms with Crippen LogP contribution in [0.4, 0.5) is 0 Å². The predicted molar refractivity (Wildman–Crippen MR) is 72.3 cm³/mol. The number of benzene rings is 1. The second-order valence-electron chi connectivity index (χ2n) is 4.49. The van der Waals surface area contributed by atoms with Gasteiger partial charge in [-0.15, -0.1) is 5.10 Å². The van der Waals surface area contributed by atoms with E-state index in [0.717, 1.165) is 12.8 Å². The second-order valence-corrected chi connectivity index (χ2v) is 4.49. The highest BCUT2D eigenvalue weighted by molar-refractivity contribution is 5.78. The van der Waals surface area contributed by atoms with Crippen LogP contribution >= 0.6 is 0 Å². The van der Waals surface area contributed by atoms with Gasteiger partial charge in [-0.05, 0) is 18.4 Å². The molecular weight excluding hydrogens is 240 g/mol. The third-order valence-electron chi connectivity index (χ3n) is 2.90. The van der Waals surface area contributed by atoms with E-state index in [4.69, 9.17) is 5.73 Å². The zero-order chi connectivity index (χ0) is 13.5. The van der Waals surface area contributed by atoms with Crippen LogP contribution in [-0.2, 0) is 24.3 Å². The molecule has 0 amide bonds. The first-order valence-corrected chi connectivity index (χ1v) is 6.42. The van der Waals surface area contributed by atoms with Crippen molar-refractivity contribution in [3.8, 4) is 0 Å². The van der Waals surface area contributed by atoms with Gasteiger partial charge in [0.15, 0.2) is 5.78 Å². The number of carbonyl (C=O) groups is 1. The first-order chi connectivity index (χ1) is 9.28. The molecule has 0 saturated carbocycles. The molecule has 0 bridgehead atoms. The Morgan fingerprint density at radius 2 is 2.05 bits per heavy atom. The summed E-state index contributed by atoms with van der Waals surface area (Å²) in [5.41, 5.74) is 7.41. The van der Waals surface area contributed by atoms with Crippen LogP contribution in [0.2, 0.25) is 0 Å². The average molecular weight is 258 g/mol. The standard InChI is InChI=1S/C14H18N4O/c15-9-13-10-18(17-16-13)11-14(19)8-4-7-12-5-2-1-3-6-12/h1-3,5-6,10H,4,7-9,11,15H2. The van der Waals surface area contributed by atoms with E-state index >= 15 is 0 Å². The Balaban J connectivity index is 1.73. The van der Waals surface area contributed by atoms with Crippen molar-refractivity contribution >= 4 is 5.78 Å². The Bertz CT molecular complexity index is 521. The van der Waals surface area contributed by atoms with Crippen LogP contribution in [0.25, 0.3) is 0 Å². The zero-order valence-electron chi connectivity index (χ0n) is 10.8. The number of Topliss-reactive ketones (excluding diaryl/α,β-unsaturated/α-hetero) is 1. The number of hydrogen-bond donors (Lipinski definition) is 1. The molecule has 0 saturated heterocycles. The van der Waals surface area contributed by atoms with Crippen molar-refractivity contribution in [3.05, 3.63) is 47.8 Å². The Labute approximate surface area is 112 Å². The minimum Gasteiger partial charge on any atom is -0.325 e. The summed E-state index contributed by atoms with van der Waals surface area (Å²) >= 11 is 0. The van der Waals surface area contributed by atoms with E-state index in [9.17, 15) is 4.79 Å². The van der Waals surface area contributed by atoms with Gasteiger partial charge in [0.25, 0.3) is 0 Å². The number of hydrogen-bond acceptors (Lipinski definition) is 4. The van der Waals surface area contributed by atoms with Crippen LogP contribution in [0.3, 0.4) is 0 Å². The zero-order valence-corrected chi connectivity index (χ0v) is 10.8. The van der Waals surface area contributed by atoms with Crippen molar-refractivity contribution in [1.82, 2.24) is 15.0 Å². The lowest BCUT2D eigenvalue weighted by atomic mass is 10.1. The van der Waals surface area contributed by atoms with Crippen LogP contribution in [0.1, 0.15) is 24.1 Å². The first-order valence-electron chi connectivity index (χ1n) is 6.42. The highest BCUT2D eigenvalue weighted by atomic mass is 16.1. The maximum absolute atomic E-state index is 11.8. The van der Waals surface area contributed by atoms with Gasteiger partial charge < -0.3 is 5.73 Å². The SMILES string of the molecule is NCc1cn(CC(=O)CCCc2ccccc2)nn1. The topological polar surface area (TPSA) is 73.8 Å². The molecule has 0 radical (unpaired) electrons. The van der Waals surface area contributed by atoms with Crippen molar-refractivity contribution in [2.24, 2.45) is 5.73 Å². The smallest absolute Gasteiger partial charge is 0.154 e. The van der Waals surface area contributed by atoms with E-state index in [1.165, 1.54) is 5.56 Å². The van der Waals surface area contributed by atoms with E-state index in [2.05, 4.69) is 22.4 Å². The van der Waals surface area contributed by atoms with Crippen LogP contribution in [-0.4, -0.2) is 20.8 Å². The van der Waals surface area contributed by atoms with Gasteiger partial charge in [0, 0.05) is 13.0 Å². The molecule has 0 aliphatic rings. The Kier molecular flexibility index (Phi) is 4.80. The van der Waals surface area contributed by atoms with Gasteiger partial charge in [0.1, 0.15) is 6.54 Å². The third kappa shape index (κ3) is 4.30. The molecule has 100 valence electrons. The summed E-state index contributed by atoms with van der Waals surface area (Å²) in [4.78, 5) is 11.8. The molecule has 2 N–H and O–H groups in total. The summed E-state index contributed by atoms with van der Waals surface area (Å²) in [6.07, 6.45) is 4.07. The van der Waals surface area contributed by atoms with Crippen molar-refractivity contribution < 1.29 is 4.79 Å². The number of carbonyl (C=O) groups excluding carboxylic acids is 1. The quantitative estimate of drug-likeness (QED) is 0.813. The van der Waals surface area contributed by atoms with Crippen LogP contribution in [0, 0.1) is 0 Å². The fourth-order valence-electron chi connectivity index (χ4n) is 1.90. The average Bonchev–Trinajstić information content (AvgIpc) is 2.87. The van der Waals surface area contributed by atoms with Crippen molar-refractivity contribution in [3.63, 3.8) is 0 Å². The number of nitrogens with two attached hydrogens (primary N) is 1. The van der Waals surface area contributed by atoms with Crippen molar-refractivity contribution in [2.45, 2.75) is 32.4 Å². The first kappa shape index (κ1) is 13.4. The largest absolute Gasteiger partial charge is 0.325 e. The van der Waals surface area contributed by atoms with Gasteiger partial charge in [-0.1, -0.05) is 35.5 Å². The molecule has 19 heavy (non-hydrogen) atoms. The molecule has 1 heterocycles. The Morgan fingerprint density at radius 3 is 2.74 bits per heavy atom. The molecule has 1 aromatic carbocycles. The highest BCUT2D eigenvalue weighted by Crippen LogP contribution is 2.05. The summed E-state index contributed by atoms with van der Waals surface area (Å²) in [7, 11) is 0. The van der Waals surface area contributed by atoms with Crippen LogP contribution < -0.4 is 5.73 Å². The number of aryl methyl sites for hydroxylation is 1. The molecule has 0 atom stereocenters. The molecule has 2 aromatic rings. The van der Waals surface area contributed by atoms with E-state index in [-0.39, 0.29) is 12.3 Å². The van der Waals surface area contributed by atoms with E-state index in [1.807, 2.05) is 18.2 Å². The normalized spacial score (nSPS) is 10.6. The monoisotopic (exact) mass is 258 g/mol. The molecule has 5 heteroatoms. The fourth-order valence-corrected chi connectivity index (χ4v) is 1.90. The van der Waals surface area contributed by atoms with Crippen LogP contribution in [0.5, 0.6) is 0 Å². The molecule has 1 aromatic heterocycles. The van der Waals surface area contributed by atoms with Crippen molar-refractivity contribution in [1.29, 1.82) is 0 Å². The molecule has 5 nitrogen and oxygen atoms in total. The number of nitrogens with zero attached hydrogens (tertiary/aromatic N) is 3. The summed E-state index contributed by atoms with van der Waals surface area (Å²) in [6.45, 7) is 0.629. The molecule has 0 unspecified atom stereocenters. The third-order valence-corrected chi connectivity index (χ3v) is 2.90. The maximum Gasteiger partial charge on any atom is 0.154 e. The predicted octanol–water partition coefficient (Wildman–Crippen LogP) is 1.33. The number of ketones is 1. The molecule has 0 aliphatic carbocycles. The van der Waals surface area contributed by atoms with E-state index < -0.39 is 0 Å². The van der Waals surface area contributed by atoms with E-state index in [1.54, 1.807) is 10.9 Å². The molecule has 0 spiro atoms.